The van der Waals surface area contributed by atoms with Gasteiger partial charge in [-0.1, -0.05) is 45.9 Å². The summed E-state index contributed by atoms with van der Waals surface area (Å²) < 4.78 is 10.8. The first kappa shape index (κ1) is 25.5. The van der Waals surface area contributed by atoms with Gasteiger partial charge in [-0.2, -0.15) is 0 Å². The highest BCUT2D eigenvalue weighted by molar-refractivity contribution is 6.06. The van der Waals surface area contributed by atoms with Crippen molar-refractivity contribution < 1.29 is 19.1 Å². The van der Waals surface area contributed by atoms with E-state index < -0.39 is 10.8 Å². The minimum Gasteiger partial charge on any atom is -0.493 e. The minimum atomic E-state index is -0.533. The summed E-state index contributed by atoms with van der Waals surface area (Å²) >= 11 is 0. The molecule has 1 N–H and O–H groups in total. The molecule has 4 rings (SSSR count). The molecule has 0 unspecified atom stereocenters. The number of hydrogen-bond acceptors (Lipinski definition) is 5. The van der Waals surface area contributed by atoms with E-state index in [1.807, 2.05) is 45.9 Å². The van der Waals surface area contributed by atoms with Gasteiger partial charge in [0.05, 0.1) is 19.7 Å². The molecule has 0 atom stereocenters. The van der Waals surface area contributed by atoms with Crippen LogP contribution in [-0.2, 0) is 16.6 Å². The van der Waals surface area contributed by atoms with Crippen molar-refractivity contribution in [3.8, 4) is 11.5 Å². The number of imide groups is 1. The summed E-state index contributed by atoms with van der Waals surface area (Å²) in [5.74, 6) is 0.627. The fourth-order valence-electron chi connectivity index (χ4n) is 5.57. The Morgan fingerprint density at radius 1 is 0.944 bits per heavy atom. The molecule has 190 valence electrons. The first-order chi connectivity index (χ1) is 17.0. The van der Waals surface area contributed by atoms with Crippen LogP contribution in [0.4, 0.5) is 0 Å². The summed E-state index contributed by atoms with van der Waals surface area (Å²) in [6, 6.07) is 10.9. The number of hydrogen-bond donors (Lipinski definition) is 1. The van der Waals surface area contributed by atoms with Gasteiger partial charge < -0.3 is 14.5 Å². The molecular weight excluding hydrogens is 456 g/mol. The molecule has 1 aliphatic heterocycles. The SMILES string of the molecule is COc1cc2[nH]cc(C(C)(C)CC(C)(C)CN3C(=O)CCc4ccccc4C3=O)c(=O)c2cc1OC. The number of pyridine rings is 1. The predicted molar refractivity (Wildman–Crippen MR) is 140 cm³/mol. The van der Waals surface area contributed by atoms with Crippen LogP contribution in [-0.4, -0.2) is 42.5 Å². The van der Waals surface area contributed by atoms with Gasteiger partial charge in [0.25, 0.3) is 5.91 Å². The number of rotatable bonds is 7. The van der Waals surface area contributed by atoms with Gasteiger partial charge in [-0.3, -0.25) is 19.3 Å². The Labute approximate surface area is 211 Å². The molecule has 3 aromatic rings. The third-order valence-electron chi connectivity index (χ3n) is 7.02. The number of H-pyrrole nitrogens is 1. The van der Waals surface area contributed by atoms with E-state index in [0.29, 0.717) is 52.8 Å². The molecule has 7 nitrogen and oxygen atoms in total. The number of carbonyl (C=O) groups is 2. The van der Waals surface area contributed by atoms with Gasteiger partial charge in [-0.05, 0) is 41.4 Å². The molecule has 36 heavy (non-hydrogen) atoms. The van der Waals surface area contributed by atoms with E-state index in [0.717, 1.165) is 5.56 Å². The fraction of sp³-hybridized carbons (Fsp3) is 0.414. The average molecular weight is 491 g/mol. The lowest BCUT2D eigenvalue weighted by Gasteiger charge is -2.37. The Bertz CT molecular complexity index is 1390. The van der Waals surface area contributed by atoms with E-state index in [9.17, 15) is 14.4 Å². The maximum Gasteiger partial charge on any atom is 0.260 e. The van der Waals surface area contributed by atoms with E-state index in [1.165, 1.54) is 12.0 Å². The van der Waals surface area contributed by atoms with Gasteiger partial charge in [0.15, 0.2) is 16.9 Å². The van der Waals surface area contributed by atoms with Crippen LogP contribution in [0.2, 0.25) is 0 Å². The van der Waals surface area contributed by atoms with Gasteiger partial charge in [-0.15, -0.1) is 0 Å². The van der Waals surface area contributed by atoms with E-state index in [-0.39, 0.29) is 23.8 Å². The summed E-state index contributed by atoms with van der Waals surface area (Å²) in [5.41, 5.74) is 1.74. The number of aromatic nitrogens is 1. The molecule has 0 radical (unpaired) electrons. The van der Waals surface area contributed by atoms with Gasteiger partial charge in [0, 0.05) is 41.7 Å². The number of nitrogens with zero attached hydrogens (tertiary/aromatic N) is 1. The lowest BCUT2D eigenvalue weighted by molar-refractivity contribution is -0.129. The third-order valence-corrected chi connectivity index (χ3v) is 7.02. The van der Waals surface area contributed by atoms with Crippen LogP contribution in [0.1, 0.15) is 62.0 Å². The molecule has 7 heteroatoms. The number of benzene rings is 2. The van der Waals surface area contributed by atoms with Crippen molar-refractivity contribution >= 4 is 22.7 Å². The second-order valence-electron chi connectivity index (χ2n) is 11.0. The van der Waals surface area contributed by atoms with Crippen LogP contribution >= 0.6 is 0 Å². The highest BCUT2D eigenvalue weighted by Gasteiger charge is 2.37. The molecule has 1 aliphatic rings. The van der Waals surface area contributed by atoms with Crippen molar-refractivity contribution in [2.24, 2.45) is 5.41 Å². The van der Waals surface area contributed by atoms with Crippen molar-refractivity contribution in [3.05, 3.63) is 69.5 Å². The van der Waals surface area contributed by atoms with E-state index in [1.54, 1.807) is 31.5 Å². The Kier molecular flexibility index (Phi) is 6.69. The maximum absolute atomic E-state index is 13.6. The normalized spacial score (nSPS) is 14.6. The smallest absolute Gasteiger partial charge is 0.260 e. The maximum atomic E-state index is 13.6. The van der Waals surface area contributed by atoms with E-state index in [2.05, 4.69) is 4.98 Å². The lowest BCUT2D eigenvalue weighted by atomic mass is 9.71. The van der Waals surface area contributed by atoms with Crippen molar-refractivity contribution in [1.29, 1.82) is 0 Å². The molecular formula is C29H34N2O5. The zero-order valence-corrected chi connectivity index (χ0v) is 21.9. The molecule has 2 heterocycles. The van der Waals surface area contributed by atoms with Gasteiger partial charge in [0.2, 0.25) is 5.91 Å². The molecule has 0 bridgehead atoms. The van der Waals surface area contributed by atoms with Crippen LogP contribution in [0.25, 0.3) is 10.9 Å². The standard InChI is InChI=1S/C29H34N2O5/c1-28(2,17-31-25(32)12-11-18-9-7-8-10-19(18)27(31)34)16-29(3,4)21-15-30-22-14-24(36-6)23(35-5)13-20(22)26(21)33/h7-10,13-15H,11-12,16-17H2,1-6H3,(H,30,33). The Hall–Kier alpha value is -3.61. The van der Waals surface area contributed by atoms with Crippen molar-refractivity contribution in [3.63, 3.8) is 0 Å². The fourth-order valence-corrected chi connectivity index (χ4v) is 5.57. The second-order valence-corrected chi connectivity index (χ2v) is 11.0. The zero-order valence-electron chi connectivity index (χ0n) is 21.9. The monoisotopic (exact) mass is 490 g/mol. The topological polar surface area (TPSA) is 88.7 Å². The summed E-state index contributed by atoms with van der Waals surface area (Å²) in [5, 5.41) is 0.519. The third kappa shape index (κ3) is 4.74. The summed E-state index contributed by atoms with van der Waals surface area (Å²) in [7, 11) is 3.09. The van der Waals surface area contributed by atoms with Gasteiger partial charge >= 0.3 is 0 Å². The molecule has 0 fully saturated rings. The molecule has 2 aromatic carbocycles. The van der Waals surface area contributed by atoms with Crippen LogP contribution in [0.5, 0.6) is 11.5 Å². The number of aromatic amines is 1. The predicted octanol–water partition coefficient (Wildman–Crippen LogP) is 4.85. The number of fused-ring (bicyclic) bond motifs is 2. The number of ether oxygens (including phenoxy) is 2. The average Bonchev–Trinajstić information content (AvgIpc) is 2.94. The zero-order chi connectivity index (χ0) is 26.3. The molecule has 1 aromatic heterocycles. The molecule has 0 aliphatic carbocycles. The Morgan fingerprint density at radius 3 is 2.31 bits per heavy atom. The van der Waals surface area contributed by atoms with Crippen molar-refractivity contribution in [1.82, 2.24) is 9.88 Å². The molecule has 2 amide bonds. The minimum absolute atomic E-state index is 0.0821. The van der Waals surface area contributed by atoms with Crippen LogP contribution < -0.4 is 14.9 Å². The molecule has 0 saturated carbocycles. The summed E-state index contributed by atoms with van der Waals surface area (Å²) in [6.07, 6.45) is 3.20. The number of carbonyl (C=O) groups excluding carboxylic acids is 2. The lowest BCUT2D eigenvalue weighted by Crippen LogP contribution is -2.44. The highest BCUT2D eigenvalue weighted by atomic mass is 16.5. The quantitative estimate of drug-likeness (QED) is 0.478. The largest absolute Gasteiger partial charge is 0.493 e. The van der Waals surface area contributed by atoms with Gasteiger partial charge in [0.1, 0.15) is 0 Å². The first-order valence-electron chi connectivity index (χ1n) is 12.2. The van der Waals surface area contributed by atoms with Crippen molar-refractivity contribution in [2.45, 2.75) is 52.4 Å². The number of nitrogens with one attached hydrogen (secondary N) is 1. The Balaban J connectivity index is 1.64. The summed E-state index contributed by atoms with van der Waals surface area (Å²) in [6.45, 7) is 8.39. The summed E-state index contributed by atoms with van der Waals surface area (Å²) in [4.78, 5) is 44.5. The number of amides is 2. The second kappa shape index (κ2) is 9.45. The number of methoxy groups -OCH3 is 2. The van der Waals surface area contributed by atoms with Gasteiger partial charge in [-0.25, -0.2) is 0 Å². The van der Waals surface area contributed by atoms with Crippen LogP contribution in [0, 0.1) is 5.41 Å². The van der Waals surface area contributed by atoms with E-state index in [4.69, 9.17) is 9.47 Å². The van der Waals surface area contributed by atoms with Crippen LogP contribution in [0.15, 0.2) is 47.4 Å². The number of aryl methyl sites for hydroxylation is 1. The van der Waals surface area contributed by atoms with Crippen LogP contribution in [0.3, 0.4) is 0 Å². The highest BCUT2D eigenvalue weighted by Crippen LogP contribution is 2.38. The van der Waals surface area contributed by atoms with E-state index >= 15 is 0 Å². The first-order valence-corrected chi connectivity index (χ1v) is 12.2. The molecule has 0 saturated heterocycles. The molecule has 0 spiro atoms. The van der Waals surface area contributed by atoms with Crippen molar-refractivity contribution in [2.75, 3.05) is 20.8 Å². The Morgan fingerprint density at radius 2 is 1.61 bits per heavy atom.